The lowest BCUT2D eigenvalue weighted by Crippen LogP contribution is -2.39. The van der Waals surface area contributed by atoms with Crippen LogP contribution in [0.2, 0.25) is 5.02 Å². The van der Waals surface area contributed by atoms with Crippen molar-refractivity contribution in [1.82, 2.24) is 14.5 Å². The molecule has 5 rings (SSSR count). The molecule has 3 N–H and O–H groups in total. The maximum absolute atomic E-state index is 12.5. The third kappa shape index (κ3) is 7.50. The molecule has 0 bridgehead atoms. The van der Waals surface area contributed by atoms with Gasteiger partial charge in [0, 0.05) is 42.9 Å². The van der Waals surface area contributed by atoms with Gasteiger partial charge in [0.2, 0.25) is 0 Å². The van der Waals surface area contributed by atoms with Crippen LogP contribution < -0.4 is 10.4 Å². The molecule has 2 fully saturated rings. The van der Waals surface area contributed by atoms with Crippen molar-refractivity contribution in [3.05, 3.63) is 75.7 Å². The van der Waals surface area contributed by atoms with Crippen molar-refractivity contribution in [1.29, 1.82) is 0 Å². The minimum Gasteiger partial charge on any atom is -0.497 e. The van der Waals surface area contributed by atoms with Gasteiger partial charge in [0.25, 0.3) is 0 Å². The molecule has 0 spiro atoms. The molecule has 1 aromatic heterocycles. The summed E-state index contributed by atoms with van der Waals surface area (Å²) in [4.78, 5) is 37.1. The molecule has 2 unspecified atom stereocenters. The van der Waals surface area contributed by atoms with Crippen molar-refractivity contribution in [3.63, 3.8) is 0 Å². The quantitative estimate of drug-likeness (QED) is 0.369. The summed E-state index contributed by atoms with van der Waals surface area (Å²) in [6.07, 6.45) is 4.29. The van der Waals surface area contributed by atoms with Crippen molar-refractivity contribution < 1.29 is 29.3 Å². The topological polar surface area (TPSA) is 134 Å². The third-order valence-electron chi connectivity index (χ3n) is 7.05. The number of carboxylic acid groups (broad SMARTS) is 2. The van der Waals surface area contributed by atoms with E-state index in [0.717, 1.165) is 62.3 Å². The van der Waals surface area contributed by atoms with Gasteiger partial charge in [-0.2, -0.15) is 0 Å². The van der Waals surface area contributed by atoms with Gasteiger partial charge in [0.05, 0.1) is 30.9 Å². The lowest BCUT2D eigenvalue weighted by atomic mass is 9.98. The first-order valence-corrected chi connectivity index (χ1v) is 13.1. The highest BCUT2D eigenvalue weighted by Gasteiger charge is 2.30. The highest BCUT2D eigenvalue weighted by molar-refractivity contribution is 6.31. The monoisotopic (exact) mass is 557 g/mol. The van der Waals surface area contributed by atoms with Crippen LogP contribution in [0.1, 0.15) is 37.0 Å². The van der Waals surface area contributed by atoms with Gasteiger partial charge in [-0.25, -0.2) is 14.4 Å². The van der Waals surface area contributed by atoms with Gasteiger partial charge in [-0.05, 0) is 61.1 Å². The SMILES string of the molecule is COc1ccc(C2CC(CN3CCC(n4c(=O)[nH]c5cc(Cl)ccc54)CC3)CO2)cc1.O=C(O)/C=C\C(=O)O. The molecule has 2 aliphatic rings. The Labute approximate surface area is 230 Å². The second-order valence-electron chi connectivity index (χ2n) is 9.70. The van der Waals surface area contributed by atoms with Gasteiger partial charge in [-0.1, -0.05) is 23.7 Å². The van der Waals surface area contributed by atoms with Crippen molar-refractivity contribution in [2.75, 3.05) is 33.4 Å². The van der Waals surface area contributed by atoms with Crippen LogP contribution in [-0.4, -0.2) is 70.0 Å². The lowest BCUT2D eigenvalue weighted by Gasteiger charge is -2.33. The number of benzene rings is 2. The van der Waals surface area contributed by atoms with Crippen molar-refractivity contribution in [2.24, 2.45) is 5.92 Å². The number of likely N-dealkylation sites (tertiary alicyclic amines) is 1. The largest absolute Gasteiger partial charge is 0.497 e. The van der Waals surface area contributed by atoms with Gasteiger partial charge in [-0.15, -0.1) is 0 Å². The highest BCUT2D eigenvalue weighted by atomic mass is 35.5. The Kier molecular flexibility index (Phi) is 9.45. The molecule has 0 amide bonds. The Morgan fingerprint density at radius 3 is 2.38 bits per heavy atom. The molecule has 0 radical (unpaired) electrons. The molecule has 208 valence electrons. The first kappa shape index (κ1) is 28.4. The smallest absolute Gasteiger partial charge is 0.328 e. The molecule has 10 nitrogen and oxygen atoms in total. The van der Waals surface area contributed by atoms with E-state index in [1.54, 1.807) is 7.11 Å². The molecular weight excluding hydrogens is 526 g/mol. The summed E-state index contributed by atoms with van der Waals surface area (Å²) in [6, 6.07) is 14.0. The Bertz CT molecular complexity index is 1360. The second kappa shape index (κ2) is 13.0. The van der Waals surface area contributed by atoms with Crippen LogP contribution in [0.5, 0.6) is 5.75 Å². The molecule has 0 saturated carbocycles. The maximum Gasteiger partial charge on any atom is 0.328 e. The minimum absolute atomic E-state index is 0.0396. The first-order chi connectivity index (χ1) is 18.7. The van der Waals surface area contributed by atoms with Gasteiger partial charge in [-0.3, -0.25) is 4.57 Å². The first-order valence-electron chi connectivity index (χ1n) is 12.7. The molecule has 3 heterocycles. The van der Waals surface area contributed by atoms with Gasteiger partial charge >= 0.3 is 17.6 Å². The molecule has 2 aromatic carbocycles. The number of piperidine rings is 1. The van der Waals surface area contributed by atoms with Gasteiger partial charge in [0.15, 0.2) is 0 Å². The zero-order valence-corrected chi connectivity index (χ0v) is 22.3. The summed E-state index contributed by atoms with van der Waals surface area (Å²) >= 11 is 6.08. The van der Waals surface area contributed by atoms with Crippen LogP contribution in [0, 0.1) is 5.92 Å². The summed E-state index contributed by atoms with van der Waals surface area (Å²) in [7, 11) is 1.69. The number of carboxylic acids is 2. The maximum atomic E-state index is 12.5. The molecule has 11 heteroatoms. The lowest BCUT2D eigenvalue weighted by molar-refractivity contribution is -0.134. The molecule has 2 atom stereocenters. The van der Waals surface area contributed by atoms with Crippen LogP contribution in [0.25, 0.3) is 11.0 Å². The number of hydrogen-bond donors (Lipinski definition) is 3. The minimum atomic E-state index is -1.26. The van der Waals surface area contributed by atoms with Crippen molar-refractivity contribution in [3.8, 4) is 5.75 Å². The molecule has 0 aliphatic carbocycles. The number of aromatic nitrogens is 2. The molecule has 39 heavy (non-hydrogen) atoms. The Morgan fingerprint density at radius 2 is 1.77 bits per heavy atom. The summed E-state index contributed by atoms with van der Waals surface area (Å²) in [5, 5.41) is 16.3. The summed E-state index contributed by atoms with van der Waals surface area (Å²) in [5.41, 5.74) is 2.94. The number of imidazole rings is 1. The molecule has 2 aliphatic heterocycles. The predicted octanol–water partition coefficient (Wildman–Crippen LogP) is 4.12. The van der Waals surface area contributed by atoms with Crippen molar-refractivity contribution >= 4 is 34.6 Å². The summed E-state index contributed by atoms with van der Waals surface area (Å²) in [5.74, 6) is -1.10. The average molecular weight is 558 g/mol. The Hall–Kier alpha value is -3.60. The van der Waals surface area contributed by atoms with Crippen LogP contribution in [-0.2, 0) is 14.3 Å². The number of aliphatic carboxylic acids is 2. The fourth-order valence-electron chi connectivity index (χ4n) is 5.20. The number of rotatable bonds is 7. The van der Waals surface area contributed by atoms with E-state index in [1.165, 1.54) is 5.56 Å². The van der Waals surface area contributed by atoms with E-state index in [2.05, 4.69) is 22.0 Å². The van der Waals surface area contributed by atoms with E-state index >= 15 is 0 Å². The van der Waals surface area contributed by atoms with Crippen LogP contribution in [0.15, 0.2) is 59.4 Å². The molecular formula is C28H32ClN3O7. The zero-order chi connectivity index (χ0) is 27.9. The van der Waals surface area contributed by atoms with Crippen LogP contribution >= 0.6 is 11.6 Å². The number of H-pyrrole nitrogens is 1. The number of ether oxygens (including phenoxy) is 2. The second-order valence-corrected chi connectivity index (χ2v) is 10.1. The number of methoxy groups -OCH3 is 1. The average Bonchev–Trinajstić information content (AvgIpc) is 3.51. The third-order valence-corrected chi connectivity index (χ3v) is 7.29. The molecule has 3 aromatic rings. The number of halogens is 1. The molecule has 2 saturated heterocycles. The summed E-state index contributed by atoms with van der Waals surface area (Å²) < 4.78 is 13.3. The number of nitrogens with zero attached hydrogens (tertiary/aromatic N) is 2. The van der Waals surface area contributed by atoms with Gasteiger partial charge < -0.3 is 29.6 Å². The zero-order valence-electron chi connectivity index (χ0n) is 21.6. The highest BCUT2D eigenvalue weighted by Crippen LogP contribution is 2.34. The van der Waals surface area contributed by atoms with Crippen LogP contribution in [0.4, 0.5) is 0 Å². The standard InChI is InChI=1S/C24H28ClN3O3.C4H4O4/c1-30-20-5-2-17(3-6-20)23-12-16(15-31-23)14-27-10-8-19(9-11-27)28-22-7-4-18(25)13-21(22)26-24(28)29;5-3(6)1-2-4(7)8/h2-7,13,16,19,23H,8-12,14-15H2,1H3,(H,26,29);1-2H,(H,5,6)(H,7,8)/b;2-1-. The van der Waals surface area contributed by atoms with E-state index in [-0.39, 0.29) is 17.8 Å². The van der Waals surface area contributed by atoms with E-state index in [4.69, 9.17) is 31.3 Å². The van der Waals surface area contributed by atoms with Gasteiger partial charge in [0.1, 0.15) is 5.75 Å². The Balaban J connectivity index is 0.000000386. The number of carbonyl (C=O) groups is 2. The van der Waals surface area contributed by atoms with E-state index < -0.39 is 11.9 Å². The number of fused-ring (bicyclic) bond motifs is 1. The number of hydrogen-bond acceptors (Lipinski definition) is 6. The number of nitrogens with one attached hydrogen (secondary N) is 1. The fraction of sp³-hybridized carbons (Fsp3) is 0.393. The fourth-order valence-corrected chi connectivity index (χ4v) is 5.37. The van der Waals surface area contributed by atoms with Crippen LogP contribution in [0.3, 0.4) is 0 Å². The van der Waals surface area contributed by atoms with E-state index in [0.29, 0.717) is 23.1 Å². The number of aromatic amines is 1. The summed E-state index contributed by atoms with van der Waals surface area (Å²) in [6.45, 7) is 3.86. The predicted molar refractivity (Wildman–Crippen MR) is 146 cm³/mol. The Morgan fingerprint density at radius 1 is 1.10 bits per heavy atom. The van der Waals surface area contributed by atoms with E-state index in [9.17, 15) is 14.4 Å². The van der Waals surface area contributed by atoms with E-state index in [1.807, 2.05) is 34.9 Å². The van der Waals surface area contributed by atoms with Crippen molar-refractivity contribution in [2.45, 2.75) is 31.4 Å². The normalized spacial score (nSPS) is 20.2.